The lowest BCUT2D eigenvalue weighted by molar-refractivity contribution is 0.192. The number of hydrogen-bond donors (Lipinski definition) is 1. The zero-order valence-electron chi connectivity index (χ0n) is 11.6. The molecule has 2 rings (SSSR count). The van der Waals surface area contributed by atoms with E-state index in [0.29, 0.717) is 24.8 Å². The van der Waals surface area contributed by atoms with Gasteiger partial charge in [0.15, 0.2) is 4.21 Å². The van der Waals surface area contributed by atoms with Crippen molar-refractivity contribution in [2.45, 2.75) is 30.0 Å². The molecule has 2 unspecified atom stereocenters. The molecular formula is C12H21ClN2O3S2. The molecule has 0 spiro atoms. The molecule has 2 heterocycles. The molecule has 1 fully saturated rings. The number of thiophene rings is 1. The molecule has 0 amide bonds. The second kappa shape index (κ2) is 7.09. The number of halogens is 1. The number of rotatable bonds is 4. The van der Waals surface area contributed by atoms with Crippen LogP contribution in [-0.4, -0.2) is 39.0 Å². The van der Waals surface area contributed by atoms with Crippen LogP contribution in [0.25, 0.3) is 0 Å². The summed E-state index contributed by atoms with van der Waals surface area (Å²) in [5, 5.41) is 1.73. The van der Waals surface area contributed by atoms with Gasteiger partial charge in [0.25, 0.3) is 10.0 Å². The fourth-order valence-corrected chi connectivity index (χ4v) is 5.75. The van der Waals surface area contributed by atoms with Crippen LogP contribution in [0.2, 0.25) is 0 Å². The maximum absolute atomic E-state index is 12.7. The van der Waals surface area contributed by atoms with Crippen LogP contribution in [0.1, 0.15) is 19.8 Å². The van der Waals surface area contributed by atoms with Gasteiger partial charge in [-0.3, -0.25) is 0 Å². The molecule has 2 N–H and O–H groups in total. The van der Waals surface area contributed by atoms with Gasteiger partial charge in [0, 0.05) is 19.1 Å². The van der Waals surface area contributed by atoms with Crippen LogP contribution < -0.4 is 10.5 Å². The van der Waals surface area contributed by atoms with Gasteiger partial charge in [0.2, 0.25) is 0 Å². The Balaban J connectivity index is 0.00000200. The third-order valence-electron chi connectivity index (χ3n) is 3.66. The van der Waals surface area contributed by atoms with Crippen LogP contribution in [0.4, 0.5) is 0 Å². The third-order valence-corrected chi connectivity index (χ3v) is 7.01. The highest BCUT2D eigenvalue weighted by atomic mass is 35.5. The van der Waals surface area contributed by atoms with Crippen LogP contribution in [0, 0.1) is 5.92 Å². The SMILES string of the molecule is COc1ccsc1S(=O)(=O)N1CCCC(C)C1CN.Cl. The number of nitrogens with zero attached hydrogens (tertiary/aromatic N) is 1. The Bertz CT molecular complexity index is 533. The number of piperidine rings is 1. The van der Waals surface area contributed by atoms with Gasteiger partial charge in [0.05, 0.1) is 7.11 Å². The summed E-state index contributed by atoms with van der Waals surface area (Å²) in [6.07, 6.45) is 1.90. The molecule has 1 aromatic heterocycles. The molecular weight excluding hydrogens is 320 g/mol. The van der Waals surface area contributed by atoms with Crippen LogP contribution in [0.3, 0.4) is 0 Å². The Labute approximate surface area is 130 Å². The first-order valence-corrected chi connectivity index (χ1v) is 8.67. The van der Waals surface area contributed by atoms with Gasteiger partial charge in [-0.25, -0.2) is 8.42 Å². The summed E-state index contributed by atoms with van der Waals surface area (Å²) in [5.74, 6) is 0.707. The van der Waals surface area contributed by atoms with Gasteiger partial charge in [0.1, 0.15) is 5.75 Å². The lowest BCUT2D eigenvalue weighted by Crippen LogP contribution is -2.51. The number of ether oxygens (including phenoxy) is 1. The Morgan fingerprint density at radius 1 is 1.55 bits per heavy atom. The van der Waals surface area contributed by atoms with E-state index in [1.165, 1.54) is 18.4 Å². The summed E-state index contributed by atoms with van der Waals surface area (Å²) in [5.41, 5.74) is 5.77. The summed E-state index contributed by atoms with van der Waals surface area (Å²) in [4.78, 5) is 0. The first-order valence-electron chi connectivity index (χ1n) is 6.35. The van der Waals surface area contributed by atoms with Crippen molar-refractivity contribution in [3.8, 4) is 5.75 Å². The van der Waals surface area contributed by atoms with E-state index in [2.05, 4.69) is 6.92 Å². The minimum Gasteiger partial charge on any atom is -0.494 e. The molecule has 0 aliphatic carbocycles. The molecule has 1 aliphatic heterocycles. The van der Waals surface area contributed by atoms with Gasteiger partial charge >= 0.3 is 0 Å². The van der Waals surface area contributed by atoms with E-state index in [9.17, 15) is 8.42 Å². The molecule has 1 aliphatic rings. The van der Waals surface area contributed by atoms with E-state index in [-0.39, 0.29) is 22.7 Å². The first-order chi connectivity index (χ1) is 9.02. The fraction of sp³-hybridized carbons (Fsp3) is 0.667. The van der Waals surface area contributed by atoms with E-state index in [1.807, 2.05) is 0 Å². The molecule has 0 radical (unpaired) electrons. The van der Waals surface area contributed by atoms with Crippen molar-refractivity contribution in [3.05, 3.63) is 11.4 Å². The van der Waals surface area contributed by atoms with E-state index in [4.69, 9.17) is 10.5 Å². The normalized spacial score (nSPS) is 24.1. The van der Waals surface area contributed by atoms with Crippen molar-refractivity contribution >= 4 is 33.8 Å². The molecule has 116 valence electrons. The zero-order chi connectivity index (χ0) is 14.0. The van der Waals surface area contributed by atoms with Crippen molar-refractivity contribution in [1.29, 1.82) is 0 Å². The maximum Gasteiger partial charge on any atom is 0.256 e. The Kier molecular flexibility index (Phi) is 6.27. The van der Waals surface area contributed by atoms with Crippen LogP contribution in [-0.2, 0) is 10.0 Å². The molecule has 20 heavy (non-hydrogen) atoms. The average molecular weight is 341 g/mol. The molecule has 1 saturated heterocycles. The number of hydrogen-bond acceptors (Lipinski definition) is 5. The monoisotopic (exact) mass is 340 g/mol. The molecule has 1 aromatic rings. The standard InChI is InChI=1S/C12H20N2O3S2.ClH/c1-9-4-3-6-14(10(9)8-13)19(15,16)12-11(17-2)5-7-18-12;/h5,7,9-10H,3-4,6,8,13H2,1-2H3;1H. The third kappa shape index (κ3) is 3.12. The van der Waals surface area contributed by atoms with Gasteiger partial charge < -0.3 is 10.5 Å². The number of nitrogens with two attached hydrogens (primary N) is 1. The summed E-state index contributed by atoms with van der Waals surface area (Å²) in [7, 11) is -2.02. The van der Waals surface area contributed by atoms with E-state index >= 15 is 0 Å². The summed E-state index contributed by atoms with van der Waals surface area (Å²) in [6, 6.07) is 1.56. The number of methoxy groups -OCH3 is 1. The Morgan fingerprint density at radius 3 is 2.85 bits per heavy atom. The van der Waals surface area contributed by atoms with Gasteiger partial charge in [-0.05, 0) is 30.2 Å². The second-order valence-corrected chi connectivity index (χ2v) is 7.82. The molecule has 0 aromatic carbocycles. The Hall–Kier alpha value is -0.340. The minimum absolute atomic E-state index is 0. The lowest BCUT2D eigenvalue weighted by atomic mass is 9.93. The predicted molar refractivity (Wildman–Crippen MR) is 83.3 cm³/mol. The summed E-state index contributed by atoms with van der Waals surface area (Å²) >= 11 is 1.19. The minimum atomic E-state index is -3.51. The lowest BCUT2D eigenvalue weighted by Gasteiger charge is -2.38. The molecule has 2 atom stereocenters. The van der Waals surface area contributed by atoms with Crippen LogP contribution in [0.15, 0.2) is 15.7 Å². The molecule has 0 bridgehead atoms. The average Bonchev–Trinajstić information content (AvgIpc) is 2.87. The van der Waals surface area contributed by atoms with E-state index in [0.717, 1.165) is 12.8 Å². The van der Waals surface area contributed by atoms with Crippen molar-refractivity contribution in [2.24, 2.45) is 11.7 Å². The second-order valence-electron chi connectivity index (χ2n) is 4.81. The van der Waals surface area contributed by atoms with E-state index in [1.54, 1.807) is 15.8 Å². The topological polar surface area (TPSA) is 72.6 Å². The van der Waals surface area contributed by atoms with Crippen LogP contribution >= 0.6 is 23.7 Å². The molecule has 0 saturated carbocycles. The molecule has 5 nitrogen and oxygen atoms in total. The van der Waals surface area contributed by atoms with Gasteiger partial charge in [-0.1, -0.05) is 6.92 Å². The zero-order valence-corrected chi connectivity index (χ0v) is 14.1. The highest BCUT2D eigenvalue weighted by Gasteiger charge is 2.38. The highest BCUT2D eigenvalue weighted by molar-refractivity contribution is 7.91. The van der Waals surface area contributed by atoms with Crippen molar-refractivity contribution in [2.75, 3.05) is 20.2 Å². The van der Waals surface area contributed by atoms with Gasteiger partial charge in [-0.15, -0.1) is 23.7 Å². The number of sulfonamides is 1. The Morgan fingerprint density at radius 2 is 2.25 bits per heavy atom. The van der Waals surface area contributed by atoms with Gasteiger partial charge in [-0.2, -0.15) is 4.31 Å². The fourth-order valence-electron chi connectivity index (χ4n) is 2.59. The van der Waals surface area contributed by atoms with Crippen molar-refractivity contribution < 1.29 is 13.2 Å². The van der Waals surface area contributed by atoms with E-state index < -0.39 is 10.0 Å². The maximum atomic E-state index is 12.7. The quantitative estimate of drug-likeness (QED) is 0.909. The predicted octanol–water partition coefficient (Wildman–Crippen LogP) is 1.93. The summed E-state index contributed by atoms with van der Waals surface area (Å²) < 4.78 is 32.5. The smallest absolute Gasteiger partial charge is 0.256 e. The highest BCUT2D eigenvalue weighted by Crippen LogP contribution is 2.35. The molecule has 8 heteroatoms. The largest absolute Gasteiger partial charge is 0.494 e. The first kappa shape index (κ1) is 17.7. The van der Waals surface area contributed by atoms with Crippen LogP contribution in [0.5, 0.6) is 5.75 Å². The van der Waals surface area contributed by atoms with Crippen molar-refractivity contribution in [1.82, 2.24) is 4.31 Å². The summed E-state index contributed by atoms with van der Waals surface area (Å²) in [6.45, 7) is 2.95. The van der Waals surface area contributed by atoms with Crippen molar-refractivity contribution in [3.63, 3.8) is 0 Å².